The van der Waals surface area contributed by atoms with E-state index in [9.17, 15) is 19.5 Å². The van der Waals surface area contributed by atoms with E-state index >= 15 is 0 Å². The minimum Gasteiger partial charge on any atom is -0.497 e. The van der Waals surface area contributed by atoms with Crippen LogP contribution in [0.5, 0.6) is 28.7 Å². The van der Waals surface area contributed by atoms with Crippen LogP contribution in [0, 0.1) is 0 Å². The lowest BCUT2D eigenvalue weighted by Gasteiger charge is -2.19. The molecule has 1 N–H and O–H groups in total. The second-order valence-corrected chi connectivity index (χ2v) is 10.5. The van der Waals surface area contributed by atoms with Crippen LogP contribution in [0.3, 0.4) is 0 Å². The number of ether oxygens (including phenoxy) is 6. The SMILES string of the molecule is COc1ccc(COC(=O)c2cn(C)c3cc(OCc4ccc(OC)cc4)c(OCc4ccc(OC)cc4)c(C(=O)O)c3c2=O)cc1. The van der Waals surface area contributed by atoms with E-state index in [1.54, 1.807) is 89.0 Å². The molecule has 0 fully saturated rings. The van der Waals surface area contributed by atoms with Gasteiger partial charge in [0.2, 0.25) is 5.43 Å². The lowest BCUT2D eigenvalue weighted by atomic mass is 10.0. The summed E-state index contributed by atoms with van der Waals surface area (Å²) in [6.45, 7) is -0.0834. The molecule has 0 aliphatic heterocycles. The van der Waals surface area contributed by atoms with Crippen LogP contribution in [0.15, 0.2) is 89.9 Å². The number of carboxylic acid groups (broad SMARTS) is 1. The first kappa shape index (κ1) is 32.4. The van der Waals surface area contributed by atoms with Crippen LogP contribution < -0.4 is 29.1 Å². The third-order valence-corrected chi connectivity index (χ3v) is 7.46. The number of aromatic nitrogens is 1. The van der Waals surface area contributed by atoms with Gasteiger partial charge in [0.1, 0.15) is 48.2 Å². The number of methoxy groups -OCH3 is 3. The van der Waals surface area contributed by atoms with Gasteiger partial charge in [-0.05, 0) is 53.1 Å². The second-order valence-electron chi connectivity index (χ2n) is 10.5. The molecule has 11 nitrogen and oxygen atoms in total. The van der Waals surface area contributed by atoms with E-state index < -0.39 is 22.9 Å². The predicted molar refractivity (Wildman–Crippen MR) is 173 cm³/mol. The van der Waals surface area contributed by atoms with Crippen molar-refractivity contribution < 1.29 is 43.1 Å². The topological polar surface area (TPSA) is 132 Å². The number of hydrogen-bond donors (Lipinski definition) is 1. The van der Waals surface area contributed by atoms with Crippen molar-refractivity contribution in [2.75, 3.05) is 21.3 Å². The van der Waals surface area contributed by atoms with E-state index in [1.807, 2.05) is 12.1 Å². The van der Waals surface area contributed by atoms with Gasteiger partial charge in [-0.15, -0.1) is 0 Å². The summed E-state index contributed by atoms with van der Waals surface area (Å²) < 4.78 is 34.8. The van der Waals surface area contributed by atoms with Gasteiger partial charge in [0, 0.05) is 19.3 Å². The van der Waals surface area contributed by atoms with E-state index in [1.165, 1.54) is 16.8 Å². The molecule has 11 heteroatoms. The third kappa shape index (κ3) is 7.30. The number of carboxylic acids is 1. The van der Waals surface area contributed by atoms with Gasteiger partial charge in [0.15, 0.2) is 11.5 Å². The fourth-order valence-electron chi connectivity index (χ4n) is 4.90. The number of fused-ring (bicyclic) bond motifs is 1. The first-order valence-electron chi connectivity index (χ1n) is 14.5. The molecule has 0 aliphatic carbocycles. The Morgan fingerprint density at radius 2 is 1.17 bits per heavy atom. The number of pyridine rings is 1. The summed E-state index contributed by atoms with van der Waals surface area (Å²) in [7, 11) is 6.26. The highest BCUT2D eigenvalue weighted by Crippen LogP contribution is 2.38. The van der Waals surface area contributed by atoms with E-state index in [4.69, 9.17) is 28.4 Å². The minimum absolute atomic E-state index is 0.0431. The zero-order chi connectivity index (χ0) is 33.5. The molecule has 0 unspecified atom stereocenters. The quantitative estimate of drug-likeness (QED) is 0.158. The zero-order valence-corrected chi connectivity index (χ0v) is 26.3. The summed E-state index contributed by atoms with van der Waals surface area (Å²) in [5.74, 6) is -0.439. The monoisotopic (exact) mass is 639 g/mol. The number of hydrogen-bond acceptors (Lipinski definition) is 9. The van der Waals surface area contributed by atoms with E-state index in [2.05, 4.69) is 0 Å². The van der Waals surface area contributed by atoms with Crippen molar-refractivity contribution in [1.82, 2.24) is 4.57 Å². The van der Waals surface area contributed by atoms with Crippen LogP contribution in [0.2, 0.25) is 0 Å². The summed E-state index contributed by atoms with van der Waals surface area (Å²) in [4.78, 5) is 39.9. The van der Waals surface area contributed by atoms with E-state index in [0.29, 0.717) is 28.4 Å². The minimum atomic E-state index is -1.43. The highest BCUT2D eigenvalue weighted by molar-refractivity contribution is 6.08. The van der Waals surface area contributed by atoms with Gasteiger partial charge in [0.05, 0.1) is 32.2 Å². The van der Waals surface area contributed by atoms with Gasteiger partial charge in [-0.2, -0.15) is 0 Å². The Morgan fingerprint density at radius 1 is 0.702 bits per heavy atom. The van der Waals surface area contributed by atoms with Crippen molar-refractivity contribution in [1.29, 1.82) is 0 Å². The molecule has 1 aromatic heterocycles. The maximum Gasteiger partial charge on any atom is 0.343 e. The Morgan fingerprint density at radius 3 is 1.64 bits per heavy atom. The standard InChI is InChI=1S/C36H33NO10/c1-37-18-28(36(41)47-21-24-9-15-27(44-4)16-10-24)33(38)31-29(37)17-30(45-19-22-5-11-25(42-2)12-6-22)34(32(31)35(39)40)46-20-23-7-13-26(43-3)14-8-23/h5-18H,19-21H2,1-4H3,(H,39,40). The highest BCUT2D eigenvalue weighted by Gasteiger charge is 2.28. The summed E-state index contributed by atoms with van der Waals surface area (Å²) in [6.07, 6.45) is 1.32. The molecule has 0 amide bonds. The molecule has 242 valence electrons. The van der Waals surface area contributed by atoms with Crippen LogP contribution in [0.4, 0.5) is 0 Å². The van der Waals surface area contributed by atoms with E-state index in [-0.39, 0.29) is 47.8 Å². The van der Waals surface area contributed by atoms with Crippen molar-refractivity contribution in [3.8, 4) is 28.7 Å². The number of carbonyl (C=O) groups is 2. The molecule has 4 aromatic carbocycles. The Balaban J connectivity index is 1.55. The van der Waals surface area contributed by atoms with Crippen molar-refractivity contribution in [3.63, 3.8) is 0 Å². The van der Waals surface area contributed by atoms with E-state index in [0.717, 1.165) is 5.56 Å². The van der Waals surface area contributed by atoms with Crippen LogP contribution in [0.1, 0.15) is 37.4 Å². The molecule has 1 heterocycles. The largest absolute Gasteiger partial charge is 0.497 e. The molecule has 0 atom stereocenters. The first-order valence-corrected chi connectivity index (χ1v) is 14.5. The van der Waals surface area contributed by atoms with Gasteiger partial charge < -0.3 is 38.1 Å². The van der Waals surface area contributed by atoms with Crippen molar-refractivity contribution in [2.45, 2.75) is 19.8 Å². The van der Waals surface area contributed by atoms with Gasteiger partial charge in [-0.3, -0.25) is 4.79 Å². The predicted octanol–water partition coefficient (Wildman–Crippen LogP) is 5.78. The Labute approximate surface area is 270 Å². The molecule has 0 aliphatic rings. The summed E-state index contributed by atoms with van der Waals surface area (Å²) in [5.41, 5.74) is 0.817. The van der Waals surface area contributed by atoms with Gasteiger partial charge >= 0.3 is 11.9 Å². The average molecular weight is 640 g/mol. The summed E-state index contributed by atoms with van der Waals surface area (Å²) in [6, 6.07) is 22.7. The molecule has 47 heavy (non-hydrogen) atoms. The fourth-order valence-corrected chi connectivity index (χ4v) is 4.90. The van der Waals surface area contributed by atoms with Crippen LogP contribution in [-0.4, -0.2) is 42.9 Å². The molecule has 0 saturated carbocycles. The highest BCUT2D eigenvalue weighted by atomic mass is 16.5. The molecular weight excluding hydrogens is 606 g/mol. The molecular formula is C36H33NO10. The maximum absolute atomic E-state index is 13.9. The molecule has 0 spiro atoms. The fraction of sp³-hybridized carbons (Fsp3) is 0.194. The van der Waals surface area contributed by atoms with Crippen molar-refractivity contribution in [3.05, 3.63) is 123 Å². The third-order valence-electron chi connectivity index (χ3n) is 7.46. The van der Waals surface area contributed by atoms with Crippen LogP contribution in [0.25, 0.3) is 10.9 Å². The maximum atomic E-state index is 13.9. The Bertz CT molecular complexity index is 1950. The second kappa shape index (κ2) is 14.4. The number of nitrogens with zero attached hydrogens (tertiary/aromatic N) is 1. The number of aryl methyl sites for hydroxylation is 1. The number of carbonyl (C=O) groups excluding carboxylic acids is 1. The molecule has 5 rings (SSSR count). The van der Waals surface area contributed by atoms with Crippen molar-refractivity contribution >= 4 is 22.8 Å². The Kier molecular flexibility index (Phi) is 9.95. The number of rotatable bonds is 13. The smallest absolute Gasteiger partial charge is 0.343 e. The normalized spacial score (nSPS) is 10.7. The molecule has 5 aromatic rings. The van der Waals surface area contributed by atoms with Crippen molar-refractivity contribution in [2.24, 2.45) is 7.05 Å². The van der Waals surface area contributed by atoms with Gasteiger partial charge in [-0.25, -0.2) is 9.59 Å². The lowest BCUT2D eigenvalue weighted by Crippen LogP contribution is -2.22. The number of esters is 1. The van der Waals surface area contributed by atoms with Gasteiger partial charge in [-0.1, -0.05) is 36.4 Å². The van der Waals surface area contributed by atoms with Crippen LogP contribution >= 0.6 is 0 Å². The summed E-state index contributed by atoms with van der Waals surface area (Å²) in [5, 5.41) is 10.3. The molecule has 0 saturated heterocycles. The first-order chi connectivity index (χ1) is 22.7. The average Bonchev–Trinajstić information content (AvgIpc) is 3.10. The summed E-state index contributed by atoms with van der Waals surface area (Å²) >= 11 is 0. The molecule has 0 bridgehead atoms. The van der Waals surface area contributed by atoms with Crippen LogP contribution in [-0.2, 0) is 31.6 Å². The Hall–Kier alpha value is -5.97. The lowest BCUT2D eigenvalue weighted by molar-refractivity contribution is 0.0470. The van der Waals surface area contributed by atoms with Gasteiger partial charge in [0.25, 0.3) is 0 Å². The molecule has 0 radical (unpaired) electrons. The number of benzene rings is 4. The number of aromatic carboxylic acids is 1. The zero-order valence-electron chi connectivity index (χ0n) is 26.3.